The summed E-state index contributed by atoms with van der Waals surface area (Å²) < 4.78 is 0. The molecule has 3 aromatic rings. The fraction of sp³-hybridized carbons (Fsp3) is 0.348. The van der Waals surface area contributed by atoms with Gasteiger partial charge in [0.2, 0.25) is 0 Å². The quantitative estimate of drug-likeness (QED) is 0.547. The number of carbonyl (C=O) groups is 1. The molecular formula is C23H29N4O2+. The fourth-order valence-electron chi connectivity index (χ4n) is 3.48. The molecular weight excluding hydrogens is 364 g/mol. The van der Waals surface area contributed by atoms with E-state index < -0.39 is 0 Å². The van der Waals surface area contributed by atoms with Gasteiger partial charge in [0.05, 0.1) is 23.5 Å². The highest BCUT2D eigenvalue weighted by Crippen LogP contribution is 2.21. The first-order valence-corrected chi connectivity index (χ1v) is 10.3. The first kappa shape index (κ1) is 20.7. The number of fused-ring (bicyclic) bond motifs is 1. The van der Waals surface area contributed by atoms with Gasteiger partial charge in [0.25, 0.3) is 11.5 Å². The molecule has 1 amide bonds. The SMILES string of the molecule is C[C@@H](c1nc2ccccc2c(=O)[nH]1)N(CCCCCC[NH3+])C(=O)c1ccccc1. The van der Waals surface area contributed by atoms with Crippen molar-refractivity contribution in [2.75, 3.05) is 13.1 Å². The summed E-state index contributed by atoms with van der Waals surface area (Å²) in [7, 11) is 0. The smallest absolute Gasteiger partial charge is 0.258 e. The zero-order valence-corrected chi connectivity index (χ0v) is 16.9. The van der Waals surface area contributed by atoms with Crippen LogP contribution in [0, 0.1) is 0 Å². The molecule has 0 aliphatic carbocycles. The Balaban J connectivity index is 1.88. The maximum absolute atomic E-state index is 13.2. The standard InChI is InChI=1S/C23H28N4O2/c1-17(21-25-20-14-8-7-13-19(20)22(28)26-21)27(16-10-3-2-9-15-24)23(29)18-11-5-4-6-12-18/h4-8,11-14,17H,2-3,9-10,15-16,24H2,1H3,(H,25,26,28)/p+1/t17-/m0/s1. The van der Waals surface area contributed by atoms with Crippen molar-refractivity contribution in [2.45, 2.75) is 38.6 Å². The van der Waals surface area contributed by atoms with E-state index in [1.165, 1.54) is 0 Å². The van der Waals surface area contributed by atoms with Crippen LogP contribution in [0.2, 0.25) is 0 Å². The predicted molar refractivity (Wildman–Crippen MR) is 114 cm³/mol. The molecule has 6 heteroatoms. The molecule has 4 N–H and O–H groups in total. The average Bonchev–Trinajstić information content (AvgIpc) is 2.76. The molecule has 0 aliphatic heterocycles. The number of rotatable bonds is 9. The second kappa shape index (κ2) is 9.98. The van der Waals surface area contributed by atoms with Crippen LogP contribution in [0.4, 0.5) is 0 Å². The van der Waals surface area contributed by atoms with Crippen LogP contribution in [0.15, 0.2) is 59.4 Å². The van der Waals surface area contributed by atoms with Crippen molar-refractivity contribution in [3.8, 4) is 0 Å². The second-order valence-corrected chi connectivity index (χ2v) is 7.28. The van der Waals surface area contributed by atoms with E-state index in [9.17, 15) is 9.59 Å². The van der Waals surface area contributed by atoms with E-state index in [0.717, 1.165) is 32.2 Å². The number of hydrogen-bond acceptors (Lipinski definition) is 3. The third kappa shape index (κ3) is 5.09. The molecule has 0 bridgehead atoms. The van der Waals surface area contributed by atoms with Crippen molar-refractivity contribution < 1.29 is 10.5 Å². The van der Waals surface area contributed by atoms with Crippen molar-refractivity contribution in [3.63, 3.8) is 0 Å². The normalized spacial score (nSPS) is 12.1. The topological polar surface area (TPSA) is 93.7 Å². The second-order valence-electron chi connectivity index (χ2n) is 7.28. The molecule has 0 saturated heterocycles. The number of unbranched alkanes of at least 4 members (excludes halogenated alkanes) is 3. The van der Waals surface area contributed by atoms with Gasteiger partial charge in [-0.2, -0.15) is 0 Å². The van der Waals surface area contributed by atoms with E-state index in [1.54, 1.807) is 6.07 Å². The summed E-state index contributed by atoms with van der Waals surface area (Å²) in [6.07, 6.45) is 4.15. The van der Waals surface area contributed by atoms with Gasteiger partial charge in [0.1, 0.15) is 5.82 Å². The zero-order valence-electron chi connectivity index (χ0n) is 16.9. The Hall–Kier alpha value is -2.99. The first-order chi connectivity index (χ1) is 14.1. The lowest BCUT2D eigenvalue weighted by Gasteiger charge is -2.29. The van der Waals surface area contributed by atoms with Crippen LogP contribution in [-0.2, 0) is 0 Å². The van der Waals surface area contributed by atoms with E-state index in [-0.39, 0.29) is 17.5 Å². The van der Waals surface area contributed by atoms with Crippen molar-refractivity contribution in [1.82, 2.24) is 14.9 Å². The summed E-state index contributed by atoms with van der Waals surface area (Å²) in [5, 5.41) is 0.553. The van der Waals surface area contributed by atoms with Gasteiger partial charge in [-0.15, -0.1) is 0 Å². The number of quaternary nitrogens is 1. The zero-order chi connectivity index (χ0) is 20.6. The van der Waals surface area contributed by atoms with E-state index in [0.29, 0.717) is 28.8 Å². The van der Waals surface area contributed by atoms with Gasteiger partial charge in [-0.25, -0.2) is 4.98 Å². The van der Waals surface area contributed by atoms with Gasteiger partial charge in [0.15, 0.2) is 0 Å². The van der Waals surface area contributed by atoms with E-state index in [2.05, 4.69) is 15.7 Å². The summed E-state index contributed by atoms with van der Waals surface area (Å²) >= 11 is 0. The summed E-state index contributed by atoms with van der Waals surface area (Å²) in [6, 6.07) is 16.2. The maximum Gasteiger partial charge on any atom is 0.258 e. The highest BCUT2D eigenvalue weighted by molar-refractivity contribution is 5.94. The molecule has 1 atom stereocenters. The van der Waals surface area contributed by atoms with Crippen LogP contribution < -0.4 is 11.3 Å². The van der Waals surface area contributed by atoms with Crippen LogP contribution in [-0.4, -0.2) is 33.9 Å². The van der Waals surface area contributed by atoms with Gasteiger partial charge < -0.3 is 15.6 Å². The van der Waals surface area contributed by atoms with Gasteiger partial charge >= 0.3 is 0 Å². The Bertz CT molecular complexity index is 1000. The highest BCUT2D eigenvalue weighted by Gasteiger charge is 2.24. The molecule has 0 saturated carbocycles. The third-order valence-corrected chi connectivity index (χ3v) is 5.18. The molecule has 6 nitrogen and oxygen atoms in total. The Morgan fingerprint density at radius 2 is 1.72 bits per heavy atom. The number of aromatic amines is 1. The molecule has 0 aliphatic rings. The van der Waals surface area contributed by atoms with Gasteiger partial charge in [-0.05, 0) is 50.5 Å². The van der Waals surface area contributed by atoms with E-state index in [1.807, 2.05) is 60.4 Å². The van der Waals surface area contributed by atoms with Crippen molar-refractivity contribution >= 4 is 16.8 Å². The minimum Gasteiger partial charge on any atom is -0.358 e. The first-order valence-electron chi connectivity index (χ1n) is 10.3. The molecule has 3 rings (SSSR count). The fourth-order valence-corrected chi connectivity index (χ4v) is 3.48. The maximum atomic E-state index is 13.2. The number of nitrogens with one attached hydrogen (secondary N) is 1. The molecule has 29 heavy (non-hydrogen) atoms. The number of carbonyl (C=O) groups excluding carboxylic acids is 1. The predicted octanol–water partition coefficient (Wildman–Crippen LogP) is 2.93. The van der Waals surface area contributed by atoms with Gasteiger partial charge in [-0.3, -0.25) is 9.59 Å². The summed E-state index contributed by atoms with van der Waals surface area (Å²) in [4.78, 5) is 35.0. The van der Waals surface area contributed by atoms with Gasteiger partial charge in [-0.1, -0.05) is 36.8 Å². The number of H-pyrrole nitrogens is 1. The van der Waals surface area contributed by atoms with E-state index >= 15 is 0 Å². The summed E-state index contributed by atoms with van der Waals surface area (Å²) in [5.74, 6) is 0.460. The van der Waals surface area contributed by atoms with Crippen molar-refractivity contribution in [1.29, 1.82) is 0 Å². The highest BCUT2D eigenvalue weighted by atomic mass is 16.2. The molecule has 152 valence electrons. The Labute approximate surface area is 170 Å². The number of benzene rings is 2. The molecule has 0 unspecified atom stereocenters. The van der Waals surface area contributed by atoms with Crippen LogP contribution >= 0.6 is 0 Å². The summed E-state index contributed by atoms with van der Waals surface area (Å²) in [5.41, 5.74) is 4.98. The number of hydrogen-bond donors (Lipinski definition) is 2. The molecule has 0 spiro atoms. The molecule has 2 aromatic carbocycles. The molecule has 1 aromatic heterocycles. The van der Waals surface area contributed by atoms with E-state index in [4.69, 9.17) is 0 Å². The number of nitrogens with zero attached hydrogens (tertiary/aromatic N) is 2. The van der Waals surface area contributed by atoms with Gasteiger partial charge in [0, 0.05) is 12.1 Å². The lowest BCUT2D eigenvalue weighted by atomic mass is 10.1. The minimum atomic E-state index is -0.340. The number of para-hydroxylation sites is 1. The number of amides is 1. The molecule has 0 fully saturated rings. The lowest BCUT2D eigenvalue weighted by molar-refractivity contribution is -0.368. The van der Waals surface area contributed by atoms with Crippen LogP contribution in [0.1, 0.15) is 54.8 Å². The molecule has 0 radical (unpaired) electrons. The Morgan fingerprint density at radius 3 is 2.48 bits per heavy atom. The van der Waals surface area contributed by atoms with Crippen LogP contribution in [0.3, 0.4) is 0 Å². The Kier molecular flexibility index (Phi) is 7.14. The monoisotopic (exact) mass is 393 g/mol. The third-order valence-electron chi connectivity index (χ3n) is 5.18. The largest absolute Gasteiger partial charge is 0.358 e. The average molecular weight is 394 g/mol. The minimum absolute atomic E-state index is 0.0499. The Morgan fingerprint density at radius 1 is 1.03 bits per heavy atom. The van der Waals surface area contributed by atoms with Crippen molar-refractivity contribution in [2.24, 2.45) is 0 Å². The summed E-state index contributed by atoms with van der Waals surface area (Å²) in [6.45, 7) is 3.47. The lowest BCUT2D eigenvalue weighted by Crippen LogP contribution is -2.50. The van der Waals surface area contributed by atoms with Crippen LogP contribution in [0.25, 0.3) is 10.9 Å². The molecule has 1 heterocycles. The van der Waals surface area contributed by atoms with Crippen LogP contribution in [0.5, 0.6) is 0 Å². The number of aromatic nitrogens is 2. The van der Waals surface area contributed by atoms with Crippen molar-refractivity contribution in [3.05, 3.63) is 76.3 Å².